The molecule has 1 aromatic rings. The molecule has 5 atom stereocenters. The minimum Gasteiger partial charge on any atom is -0.508 e. The fourth-order valence-electron chi connectivity index (χ4n) is 3.96. The Morgan fingerprint density at radius 2 is 1.95 bits per heavy atom. The van der Waals surface area contributed by atoms with Gasteiger partial charge < -0.3 is 9.84 Å². The normalized spacial score (nSPS) is 37.8. The molecule has 1 aromatic carbocycles. The van der Waals surface area contributed by atoms with E-state index in [9.17, 15) is 5.11 Å². The van der Waals surface area contributed by atoms with E-state index < -0.39 is 0 Å². The summed E-state index contributed by atoms with van der Waals surface area (Å²) in [4.78, 5) is 0. The highest BCUT2D eigenvalue weighted by Crippen LogP contribution is 2.50. The van der Waals surface area contributed by atoms with Gasteiger partial charge in [0.15, 0.2) is 0 Å². The molecule has 1 heterocycles. The van der Waals surface area contributed by atoms with Gasteiger partial charge >= 0.3 is 0 Å². The Morgan fingerprint density at radius 1 is 1.21 bits per heavy atom. The van der Waals surface area contributed by atoms with Gasteiger partial charge in [0.2, 0.25) is 0 Å². The van der Waals surface area contributed by atoms with Crippen molar-refractivity contribution in [2.45, 2.75) is 26.9 Å². The molecule has 0 spiro atoms. The van der Waals surface area contributed by atoms with Crippen LogP contribution in [0.4, 0.5) is 0 Å². The van der Waals surface area contributed by atoms with Gasteiger partial charge in [-0.1, -0.05) is 43.7 Å². The Bertz CT molecular complexity index is 506. The number of para-hydroxylation sites is 1. The van der Waals surface area contributed by atoms with E-state index in [1.54, 1.807) is 6.07 Å². The van der Waals surface area contributed by atoms with Crippen molar-refractivity contribution in [3.05, 3.63) is 41.5 Å². The molecule has 19 heavy (non-hydrogen) atoms. The Labute approximate surface area is 115 Å². The third-order valence-corrected chi connectivity index (χ3v) is 5.01. The van der Waals surface area contributed by atoms with Crippen molar-refractivity contribution in [1.29, 1.82) is 0 Å². The number of fused-ring (bicyclic) bond motifs is 2. The number of ether oxygens (including phenoxy) is 1. The first-order chi connectivity index (χ1) is 9.09. The molecule has 2 nitrogen and oxygen atoms in total. The van der Waals surface area contributed by atoms with Crippen molar-refractivity contribution in [3.63, 3.8) is 0 Å². The van der Waals surface area contributed by atoms with Gasteiger partial charge in [0, 0.05) is 11.5 Å². The average Bonchev–Trinajstić information content (AvgIpc) is 2.36. The number of hydrogen-bond donors (Lipinski definition) is 1. The quantitative estimate of drug-likeness (QED) is 0.773. The first-order valence-electron chi connectivity index (χ1n) is 7.17. The number of benzene rings is 1. The molecule has 1 aliphatic heterocycles. The molecular formula is C17H22O2. The summed E-state index contributed by atoms with van der Waals surface area (Å²) in [5.74, 6) is 2.55. The number of rotatable bonds is 1. The van der Waals surface area contributed by atoms with E-state index in [0.29, 0.717) is 29.4 Å². The summed E-state index contributed by atoms with van der Waals surface area (Å²) in [6.07, 6.45) is 2.39. The summed E-state index contributed by atoms with van der Waals surface area (Å²) in [6.45, 7) is 7.61. The van der Waals surface area contributed by atoms with Crippen LogP contribution in [0.2, 0.25) is 0 Å². The molecule has 1 aliphatic carbocycles. The van der Waals surface area contributed by atoms with Crippen molar-refractivity contribution >= 4 is 0 Å². The van der Waals surface area contributed by atoms with Gasteiger partial charge in [-0.15, -0.1) is 0 Å². The summed E-state index contributed by atoms with van der Waals surface area (Å²) >= 11 is 0. The maximum Gasteiger partial charge on any atom is 0.121 e. The van der Waals surface area contributed by atoms with Gasteiger partial charge in [-0.05, 0) is 30.7 Å². The van der Waals surface area contributed by atoms with Crippen molar-refractivity contribution < 1.29 is 9.84 Å². The maximum atomic E-state index is 10.1. The van der Waals surface area contributed by atoms with Crippen LogP contribution in [0.5, 0.6) is 5.75 Å². The lowest BCUT2D eigenvalue weighted by Crippen LogP contribution is -2.42. The minimum atomic E-state index is -0.00352. The molecule has 0 amide bonds. The summed E-state index contributed by atoms with van der Waals surface area (Å²) < 4.78 is 6.12. The third-order valence-electron chi connectivity index (χ3n) is 5.01. The first-order valence-corrected chi connectivity index (χ1v) is 7.17. The number of phenolic OH excluding ortho intramolecular Hbond substituents is 1. The monoisotopic (exact) mass is 258 g/mol. The van der Waals surface area contributed by atoms with Crippen LogP contribution < -0.4 is 0 Å². The van der Waals surface area contributed by atoms with Crippen LogP contribution in [0.3, 0.4) is 0 Å². The summed E-state index contributed by atoms with van der Waals surface area (Å²) in [5.41, 5.74) is 2.34. The van der Waals surface area contributed by atoms with E-state index in [-0.39, 0.29) is 6.10 Å². The van der Waals surface area contributed by atoms with Gasteiger partial charge in [-0.2, -0.15) is 0 Å². The Kier molecular flexibility index (Phi) is 3.14. The molecule has 3 unspecified atom stereocenters. The van der Waals surface area contributed by atoms with Crippen LogP contribution in [-0.2, 0) is 4.74 Å². The van der Waals surface area contributed by atoms with E-state index in [1.165, 1.54) is 5.57 Å². The fourth-order valence-corrected chi connectivity index (χ4v) is 3.96. The van der Waals surface area contributed by atoms with Crippen molar-refractivity contribution in [1.82, 2.24) is 0 Å². The lowest BCUT2D eigenvalue weighted by molar-refractivity contribution is -0.0941. The van der Waals surface area contributed by atoms with E-state index in [1.807, 2.05) is 18.2 Å². The number of aromatic hydroxyl groups is 1. The number of allylic oxidation sites excluding steroid dienone is 1. The Hall–Kier alpha value is -1.28. The van der Waals surface area contributed by atoms with Gasteiger partial charge in [0.05, 0.1) is 12.7 Å². The predicted molar refractivity (Wildman–Crippen MR) is 75.9 cm³/mol. The summed E-state index contributed by atoms with van der Waals surface area (Å²) in [5, 5.41) is 10.1. The van der Waals surface area contributed by atoms with Crippen LogP contribution in [0.25, 0.3) is 0 Å². The van der Waals surface area contributed by atoms with Gasteiger partial charge in [-0.3, -0.25) is 0 Å². The van der Waals surface area contributed by atoms with E-state index in [4.69, 9.17) is 4.74 Å². The maximum absolute atomic E-state index is 10.1. The van der Waals surface area contributed by atoms with E-state index >= 15 is 0 Å². The second-order valence-corrected chi connectivity index (χ2v) is 6.13. The lowest BCUT2D eigenvalue weighted by atomic mass is 9.64. The SMILES string of the molecule is CC1=CC(C)[C@H]2COC(c3ccccc3O)[C@@H]1C2C. The lowest BCUT2D eigenvalue weighted by Gasteiger charge is -2.47. The zero-order chi connectivity index (χ0) is 13.6. The highest BCUT2D eigenvalue weighted by atomic mass is 16.5. The highest BCUT2D eigenvalue weighted by Gasteiger charge is 2.44. The number of hydrogen-bond acceptors (Lipinski definition) is 2. The molecule has 1 N–H and O–H groups in total. The Morgan fingerprint density at radius 3 is 2.68 bits per heavy atom. The summed E-state index contributed by atoms with van der Waals surface area (Å²) in [7, 11) is 0. The molecule has 3 rings (SSSR count). The first kappa shape index (κ1) is 12.7. The topological polar surface area (TPSA) is 29.5 Å². The van der Waals surface area contributed by atoms with Crippen molar-refractivity contribution in [2.75, 3.05) is 6.61 Å². The van der Waals surface area contributed by atoms with Gasteiger partial charge in [0.1, 0.15) is 5.75 Å². The molecule has 1 saturated heterocycles. The molecule has 102 valence electrons. The molecule has 1 fully saturated rings. The molecule has 0 aromatic heterocycles. The van der Waals surface area contributed by atoms with E-state index in [0.717, 1.165) is 12.2 Å². The van der Waals surface area contributed by atoms with E-state index in [2.05, 4.69) is 26.8 Å². The third kappa shape index (κ3) is 1.99. The van der Waals surface area contributed by atoms with Crippen LogP contribution in [0, 0.1) is 23.7 Å². The fraction of sp³-hybridized carbons (Fsp3) is 0.529. The van der Waals surface area contributed by atoms with Crippen LogP contribution in [0.1, 0.15) is 32.4 Å². The average molecular weight is 258 g/mol. The van der Waals surface area contributed by atoms with Crippen molar-refractivity contribution in [2.24, 2.45) is 23.7 Å². The van der Waals surface area contributed by atoms with Gasteiger partial charge in [0.25, 0.3) is 0 Å². The standard InChI is InChI=1S/C17H22O2/c1-10-8-11(2)16-12(3)14(10)9-19-17(16)13-6-4-5-7-15(13)18/h4-8,10,12,14,16-18H,9H2,1-3H3/t10?,12?,14-,16+,17?/m1/s1. The highest BCUT2D eigenvalue weighted by molar-refractivity contribution is 5.36. The molecule has 2 aliphatic rings. The van der Waals surface area contributed by atoms with Crippen LogP contribution in [0.15, 0.2) is 35.9 Å². The zero-order valence-electron chi connectivity index (χ0n) is 11.8. The summed E-state index contributed by atoms with van der Waals surface area (Å²) in [6, 6.07) is 7.57. The molecule has 0 radical (unpaired) electrons. The molecule has 2 bridgehead atoms. The Balaban J connectivity index is 2.01. The molecular weight excluding hydrogens is 236 g/mol. The van der Waals surface area contributed by atoms with Crippen LogP contribution >= 0.6 is 0 Å². The zero-order valence-corrected chi connectivity index (χ0v) is 11.8. The number of phenols is 1. The molecule has 2 heteroatoms. The molecule has 0 saturated carbocycles. The largest absolute Gasteiger partial charge is 0.508 e. The smallest absolute Gasteiger partial charge is 0.121 e. The van der Waals surface area contributed by atoms with Crippen molar-refractivity contribution in [3.8, 4) is 5.75 Å². The second-order valence-electron chi connectivity index (χ2n) is 6.13. The second kappa shape index (κ2) is 4.68. The van der Waals surface area contributed by atoms with Gasteiger partial charge in [-0.25, -0.2) is 0 Å². The van der Waals surface area contributed by atoms with Crippen LogP contribution in [-0.4, -0.2) is 11.7 Å². The predicted octanol–water partition coefficient (Wildman–Crippen LogP) is 3.93. The minimum absolute atomic E-state index is 0.00352.